The quantitative estimate of drug-likeness (QED) is 0.746. The first kappa shape index (κ1) is 14.8. The summed E-state index contributed by atoms with van der Waals surface area (Å²) < 4.78 is 1.10. The average molecular weight is 323 g/mol. The molecule has 0 N–H and O–H groups in total. The maximum Gasteiger partial charge on any atom is 0.136 e. The van der Waals surface area contributed by atoms with Gasteiger partial charge in [0, 0.05) is 16.8 Å². The number of carbonyl (C=O) groups excluding carboxylic acids is 1. The standard InChI is InChI=1S/C17H23BrO/c1-17(2,3)14-6-9-16(19)13(11-14)10-12-4-7-15(18)8-5-12/h4-5,7-8,13-14H,6,9-11H2,1-3H3/t13-,14+/m0/s1. The van der Waals surface area contributed by atoms with Gasteiger partial charge in [-0.2, -0.15) is 0 Å². The fraction of sp³-hybridized carbons (Fsp3) is 0.588. The zero-order valence-electron chi connectivity index (χ0n) is 12.1. The fourth-order valence-electron chi connectivity index (χ4n) is 3.00. The molecule has 0 bridgehead atoms. The maximum atomic E-state index is 12.1. The van der Waals surface area contributed by atoms with Crippen LogP contribution in [-0.2, 0) is 11.2 Å². The first-order valence-electron chi connectivity index (χ1n) is 7.13. The van der Waals surface area contributed by atoms with Gasteiger partial charge in [0.2, 0.25) is 0 Å². The van der Waals surface area contributed by atoms with Crippen LogP contribution in [0.2, 0.25) is 0 Å². The Morgan fingerprint density at radius 2 is 1.84 bits per heavy atom. The van der Waals surface area contributed by atoms with Gasteiger partial charge >= 0.3 is 0 Å². The highest BCUT2D eigenvalue weighted by atomic mass is 79.9. The maximum absolute atomic E-state index is 12.1. The lowest BCUT2D eigenvalue weighted by atomic mass is 9.67. The number of benzene rings is 1. The Hall–Kier alpha value is -0.630. The predicted octanol–water partition coefficient (Wildman–Crippen LogP) is 5.02. The van der Waals surface area contributed by atoms with Gasteiger partial charge < -0.3 is 0 Å². The van der Waals surface area contributed by atoms with Crippen molar-refractivity contribution in [1.29, 1.82) is 0 Å². The molecule has 104 valence electrons. The molecule has 1 saturated carbocycles. The summed E-state index contributed by atoms with van der Waals surface area (Å²) >= 11 is 3.45. The summed E-state index contributed by atoms with van der Waals surface area (Å²) in [4.78, 5) is 12.1. The van der Waals surface area contributed by atoms with E-state index < -0.39 is 0 Å². The van der Waals surface area contributed by atoms with Crippen molar-refractivity contribution < 1.29 is 4.79 Å². The summed E-state index contributed by atoms with van der Waals surface area (Å²) in [5.74, 6) is 1.35. The minimum Gasteiger partial charge on any atom is -0.299 e. The first-order valence-corrected chi connectivity index (χ1v) is 7.92. The Bertz CT molecular complexity index is 441. The van der Waals surface area contributed by atoms with Crippen LogP contribution in [0.25, 0.3) is 0 Å². The molecule has 2 atom stereocenters. The zero-order chi connectivity index (χ0) is 14.0. The van der Waals surface area contributed by atoms with Gasteiger partial charge in [-0.05, 0) is 48.3 Å². The van der Waals surface area contributed by atoms with E-state index in [9.17, 15) is 4.79 Å². The molecule has 0 spiro atoms. The first-order chi connectivity index (χ1) is 8.86. The van der Waals surface area contributed by atoms with Crippen molar-refractivity contribution in [2.75, 3.05) is 0 Å². The Labute approximate surface area is 124 Å². The second-order valence-corrected chi connectivity index (χ2v) is 7.75. The second kappa shape index (κ2) is 5.78. The van der Waals surface area contributed by atoms with E-state index in [0.717, 1.165) is 30.2 Å². The minimum atomic E-state index is 0.221. The number of hydrogen-bond acceptors (Lipinski definition) is 1. The van der Waals surface area contributed by atoms with E-state index in [4.69, 9.17) is 0 Å². The second-order valence-electron chi connectivity index (χ2n) is 6.83. The SMILES string of the molecule is CC(C)(C)[C@@H]1CCC(=O)[C@@H](Cc2ccc(Br)cc2)C1. The Morgan fingerprint density at radius 3 is 2.42 bits per heavy atom. The molecule has 1 nitrogen and oxygen atoms in total. The molecule has 2 rings (SSSR count). The highest BCUT2D eigenvalue weighted by Crippen LogP contribution is 2.39. The summed E-state index contributed by atoms with van der Waals surface area (Å²) in [6.45, 7) is 6.89. The van der Waals surface area contributed by atoms with Crippen molar-refractivity contribution in [2.24, 2.45) is 17.3 Å². The van der Waals surface area contributed by atoms with Crippen molar-refractivity contribution in [2.45, 2.75) is 46.5 Å². The van der Waals surface area contributed by atoms with Gasteiger partial charge in [-0.1, -0.05) is 48.8 Å². The summed E-state index contributed by atoms with van der Waals surface area (Å²) in [5.41, 5.74) is 1.59. The molecule has 1 aromatic carbocycles. The van der Waals surface area contributed by atoms with Crippen LogP contribution < -0.4 is 0 Å². The Kier molecular flexibility index (Phi) is 4.50. The van der Waals surface area contributed by atoms with E-state index in [1.54, 1.807) is 0 Å². The van der Waals surface area contributed by atoms with Gasteiger partial charge in [0.25, 0.3) is 0 Å². The van der Waals surface area contributed by atoms with E-state index in [1.807, 2.05) is 0 Å². The number of carbonyl (C=O) groups is 1. The molecular weight excluding hydrogens is 300 g/mol. The molecule has 1 aromatic rings. The molecule has 0 heterocycles. The van der Waals surface area contributed by atoms with Gasteiger partial charge in [0.15, 0.2) is 0 Å². The lowest BCUT2D eigenvalue weighted by Crippen LogP contribution is -2.33. The summed E-state index contributed by atoms with van der Waals surface area (Å²) in [7, 11) is 0. The third-order valence-corrected chi connectivity index (χ3v) is 4.91. The van der Waals surface area contributed by atoms with E-state index >= 15 is 0 Å². The summed E-state index contributed by atoms with van der Waals surface area (Å²) in [6, 6.07) is 8.36. The Balaban J connectivity index is 2.05. The van der Waals surface area contributed by atoms with Crippen molar-refractivity contribution in [3.05, 3.63) is 34.3 Å². The molecule has 1 aliphatic rings. The van der Waals surface area contributed by atoms with Crippen molar-refractivity contribution >= 4 is 21.7 Å². The summed E-state index contributed by atoms with van der Waals surface area (Å²) in [6.07, 6.45) is 3.79. The minimum absolute atomic E-state index is 0.221. The van der Waals surface area contributed by atoms with E-state index in [1.165, 1.54) is 5.56 Å². The number of rotatable bonds is 2. The zero-order valence-corrected chi connectivity index (χ0v) is 13.7. The third kappa shape index (κ3) is 3.92. The van der Waals surface area contributed by atoms with E-state index in [2.05, 4.69) is 61.0 Å². The molecule has 0 unspecified atom stereocenters. The van der Waals surface area contributed by atoms with Crippen LogP contribution in [0.1, 0.15) is 45.6 Å². The van der Waals surface area contributed by atoms with Gasteiger partial charge in [-0.25, -0.2) is 0 Å². The van der Waals surface area contributed by atoms with E-state index in [-0.39, 0.29) is 5.92 Å². The average Bonchev–Trinajstić information content (AvgIpc) is 2.33. The van der Waals surface area contributed by atoms with Gasteiger partial charge in [-0.3, -0.25) is 4.79 Å². The van der Waals surface area contributed by atoms with Gasteiger partial charge in [0.1, 0.15) is 5.78 Å². The number of ketones is 1. The molecule has 1 aliphatic carbocycles. The molecular formula is C17H23BrO. The monoisotopic (exact) mass is 322 g/mol. The smallest absolute Gasteiger partial charge is 0.136 e. The lowest BCUT2D eigenvalue weighted by molar-refractivity contribution is -0.126. The summed E-state index contributed by atoms with van der Waals surface area (Å²) in [5, 5.41) is 0. The third-order valence-electron chi connectivity index (χ3n) is 4.38. The van der Waals surface area contributed by atoms with Crippen LogP contribution in [0.3, 0.4) is 0 Å². The highest BCUT2D eigenvalue weighted by molar-refractivity contribution is 9.10. The van der Waals surface area contributed by atoms with Crippen molar-refractivity contribution in [1.82, 2.24) is 0 Å². The van der Waals surface area contributed by atoms with Gasteiger partial charge in [-0.15, -0.1) is 0 Å². The molecule has 0 saturated heterocycles. The molecule has 2 heteroatoms. The molecule has 0 radical (unpaired) electrons. The molecule has 0 aliphatic heterocycles. The largest absolute Gasteiger partial charge is 0.299 e. The molecule has 0 amide bonds. The van der Waals surface area contributed by atoms with Crippen molar-refractivity contribution in [3.8, 4) is 0 Å². The molecule has 19 heavy (non-hydrogen) atoms. The fourth-order valence-corrected chi connectivity index (χ4v) is 3.27. The van der Waals surface area contributed by atoms with Crippen molar-refractivity contribution in [3.63, 3.8) is 0 Å². The normalized spacial score (nSPS) is 24.5. The number of halogens is 1. The molecule has 1 fully saturated rings. The number of hydrogen-bond donors (Lipinski definition) is 0. The van der Waals surface area contributed by atoms with Crippen LogP contribution in [-0.4, -0.2) is 5.78 Å². The highest BCUT2D eigenvalue weighted by Gasteiger charge is 2.34. The lowest BCUT2D eigenvalue weighted by Gasteiger charge is -2.37. The Morgan fingerprint density at radius 1 is 1.21 bits per heavy atom. The van der Waals surface area contributed by atoms with E-state index in [0.29, 0.717) is 17.1 Å². The number of Topliss-reactive ketones (excluding diaryl/α,β-unsaturated/α-hetero) is 1. The van der Waals surface area contributed by atoms with Crippen LogP contribution >= 0.6 is 15.9 Å². The van der Waals surface area contributed by atoms with Crippen LogP contribution in [0, 0.1) is 17.3 Å². The topological polar surface area (TPSA) is 17.1 Å². The van der Waals surface area contributed by atoms with Gasteiger partial charge in [0.05, 0.1) is 0 Å². The van der Waals surface area contributed by atoms with Crippen LogP contribution in [0.4, 0.5) is 0 Å². The molecule has 0 aromatic heterocycles. The van der Waals surface area contributed by atoms with Crippen LogP contribution in [0.5, 0.6) is 0 Å². The predicted molar refractivity (Wildman–Crippen MR) is 83.1 cm³/mol. The van der Waals surface area contributed by atoms with Crippen LogP contribution in [0.15, 0.2) is 28.7 Å².